The van der Waals surface area contributed by atoms with Crippen molar-refractivity contribution in [3.8, 4) is 0 Å². The molecular weight excluding hydrogens is 188 g/mol. The highest BCUT2D eigenvalue weighted by atomic mass is 15.1. The van der Waals surface area contributed by atoms with Crippen LogP contribution < -0.4 is 17.4 Å². The molecule has 0 atom stereocenters. The molecule has 4 heteroatoms. The van der Waals surface area contributed by atoms with Gasteiger partial charge in [0.1, 0.15) is 0 Å². The Labute approximate surface area is 95.1 Å². The van der Waals surface area contributed by atoms with E-state index in [1.165, 1.54) is 45.3 Å². The van der Waals surface area contributed by atoms with Gasteiger partial charge in [-0.1, -0.05) is 26.7 Å². The number of hydrazine groups is 1. The van der Waals surface area contributed by atoms with Crippen LogP contribution in [0.25, 0.3) is 0 Å². The molecule has 0 amide bonds. The Hall–Kier alpha value is -0.160. The number of rotatable bonds is 9. The zero-order valence-electron chi connectivity index (χ0n) is 10.5. The summed E-state index contributed by atoms with van der Waals surface area (Å²) in [6, 6.07) is 0. The van der Waals surface area contributed by atoms with Gasteiger partial charge < -0.3 is 10.6 Å². The van der Waals surface area contributed by atoms with Crippen LogP contribution in [0.5, 0.6) is 0 Å². The third-order valence-electron chi connectivity index (χ3n) is 2.33. The van der Waals surface area contributed by atoms with Gasteiger partial charge in [0.05, 0.1) is 0 Å². The molecule has 0 rings (SSSR count). The first-order valence-electron chi connectivity index (χ1n) is 6.10. The summed E-state index contributed by atoms with van der Waals surface area (Å²) in [6.07, 6.45) is 6.40. The highest BCUT2D eigenvalue weighted by Crippen LogP contribution is 1.99. The molecule has 0 saturated heterocycles. The van der Waals surface area contributed by atoms with Gasteiger partial charge in [0.25, 0.3) is 0 Å². The molecule has 4 nitrogen and oxygen atoms in total. The first kappa shape index (κ1) is 17.2. The lowest BCUT2D eigenvalue weighted by molar-refractivity contribution is 0.263. The highest BCUT2D eigenvalue weighted by Gasteiger charge is 2.01. The first-order chi connectivity index (χ1) is 7.35. The molecule has 0 bridgehead atoms. The average molecular weight is 218 g/mol. The van der Waals surface area contributed by atoms with Gasteiger partial charge >= 0.3 is 0 Å². The van der Waals surface area contributed by atoms with Crippen molar-refractivity contribution in [3.05, 3.63) is 0 Å². The summed E-state index contributed by atoms with van der Waals surface area (Å²) >= 11 is 0. The minimum Gasteiger partial charge on any atom is -0.330 e. The monoisotopic (exact) mass is 218 g/mol. The van der Waals surface area contributed by atoms with Gasteiger partial charge in [0.15, 0.2) is 0 Å². The van der Waals surface area contributed by atoms with Crippen molar-refractivity contribution in [2.45, 2.75) is 46.0 Å². The first-order valence-corrected chi connectivity index (χ1v) is 6.10. The van der Waals surface area contributed by atoms with E-state index in [1.807, 2.05) is 0 Å². The Morgan fingerprint density at radius 2 is 1.20 bits per heavy atom. The molecule has 0 saturated carbocycles. The number of nitrogens with zero attached hydrogens (tertiary/aromatic N) is 1. The highest BCUT2D eigenvalue weighted by molar-refractivity contribution is 4.57. The number of unbranched alkanes of at least 4 members (excludes halogenated alkanes) is 2. The predicted molar refractivity (Wildman–Crippen MR) is 68.3 cm³/mol. The molecule has 0 aliphatic carbocycles. The van der Waals surface area contributed by atoms with Crippen LogP contribution in [0.3, 0.4) is 0 Å². The lowest BCUT2D eigenvalue weighted by Crippen LogP contribution is -2.28. The van der Waals surface area contributed by atoms with Gasteiger partial charge in [0.2, 0.25) is 0 Å². The second-order valence-corrected chi connectivity index (χ2v) is 3.69. The van der Waals surface area contributed by atoms with Crippen molar-refractivity contribution in [2.75, 3.05) is 26.2 Å². The van der Waals surface area contributed by atoms with Crippen LogP contribution >= 0.6 is 0 Å². The summed E-state index contributed by atoms with van der Waals surface area (Å²) in [6.45, 7) is 9.04. The quantitative estimate of drug-likeness (QED) is 0.399. The van der Waals surface area contributed by atoms with Crippen LogP contribution in [0.2, 0.25) is 0 Å². The van der Waals surface area contributed by atoms with Crippen LogP contribution in [0.15, 0.2) is 0 Å². The minimum absolute atomic E-state index is 0.828. The van der Waals surface area contributed by atoms with Crippen molar-refractivity contribution in [3.63, 3.8) is 0 Å². The van der Waals surface area contributed by atoms with E-state index in [9.17, 15) is 0 Å². The summed E-state index contributed by atoms with van der Waals surface area (Å²) in [5.74, 6) is 8.00. The topological polar surface area (TPSA) is 81.3 Å². The van der Waals surface area contributed by atoms with E-state index in [0.717, 1.165) is 13.0 Å². The molecule has 0 aliphatic rings. The van der Waals surface area contributed by atoms with Gasteiger partial charge in [-0.3, -0.25) is 11.7 Å². The summed E-state index contributed by atoms with van der Waals surface area (Å²) in [7, 11) is 0. The molecule has 0 heterocycles. The Morgan fingerprint density at radius 3 is 1.53 bits per heavy atom. The summed E-state index contributed by atoms with van der Waals surface area (Å²) in [4.78, 5) is 2.56. The van der Waals surface area contributed by atoms with E-state index in [1.54, 1.807) is 0 Å². The standard InChI is InChI=1S/C11H26N2.H4N2/c1-3-5-9-13(10-6-4-2)11-7-8-12;1-2/h3-12H2,1-2H3;1-2H2. The molecular formula is C11H30N4. The van der Waals surface area contributed by atoms with Crippen LogP contribution in [-0.4, -0.2) is 31.1 Å². The second kappa shape index (κ2) is 16.3. The van der Waals surface area contributed by atoms with Crippen LogP contribution in [-0.2, 0) is 0 Å². The van der Waals surface area contributed by atoms with E-state index in [2.05, 4.69) is 30.4 Å². The summed E-state index contributed by atoms with van der Waals surface area (Å²) < 4.78 is 0. The zero-order chi connectivity index (χ0) is 11.9. The number of hydrogen-bond donors (Lipinski definition) is 3. The maximum Gasteiger partial charge on any atom is -0.000672 e. The van der Waals surface area contributed by atoms with Crippen molar-refractivity contribution in [2.24, 2.45) is 17.4 Å². The van der Waals surface area contributed by atoms with Gasteiger partial charge in [-0.15, -0.1) is 0 Å². The van der Waals surface area contributed by atoms with Gasteiger partial charge in [-0.05, 0) is 45.4 Å². The molecule has 0 radical (unpaired) electrons. The lowest BCUT2D eigenvalue weighted by atomic mass is 10.2. The Bertz CT molecular complexity index is 79.6. The normalized spacial score (nSPS) is 10.0. The third kappa shape index (κ3) is 13.8. The minimum atomic E-state index is 0.828. The van der Waals surface area contributed by atoms with Gasteiger partial charge in [0, 0.05) is 0 Å². The SMILES string of the molecule is CCCCN(CCCC)CCCN.NN. The molecule has 0 aromatic carbocycles. The molecule has 94 valence electrons. The maximum absolute atomic E-state index is 5.51. The van der Waals surface area contributed by atoms with E-state index in [4.69, 9.17) is 5.73 Å². The van der Waals surface area contributed by atoms with Crippen molar-refractivity contribution in [1.29, 1.82) is 0 Å². The van der Waals surface area contributed by atoms with E-state index in [-0.39, 0.29) is 0 Å². The largest absolute Gasteiger partial charge is 0.330 e. The third-order valence-corrected chi connectivity index (χ3v) is 2.33. The molecule has 0 unspecified atom stereocenters. The van der Waals surface area contributed by atoms with Crippen molar-refractivity contribution in [1.82, 2.24) is 4.90 Å². The molecule has 6 N–H and O–H groups in total. The van der Waals surface area contributed by atoms with E-state index in [0.29, 0.717) is 0 Å². The van der Waals surface area contributed by atoms with Crippen LogP contribution in [0.4, 0.5) is 0 Å². The number of nitrogens with two attached hydrogens (primary N) is 3. The van der Waals surface area contributed by atoms with Crippen LogP contribution in [0.1, 0.15) is 46.0 Å². The zero-order valence-corrected chi connectivity index (χ0v) is 10.5. The number of hydrogen-bond acceptors (Lipinski definition) is 4. The van der Waals surface area contributed by atoms with Gasteiger partial charge in [-0.25, -0.2) is 0 Å². The summed E-state index contributed by atoms with van der Waals surface area (Å²) in [5.41, 5.74) is 5.51. The molecule has 0 aliphatic heterocycles. The molecule has 0 aromatic rings. The smallest absolute Gasteiger partial charge is 0.000672 e. The lowest BCUT2D eigenvalue weighted by Gasteiger charge is -2.21. The fourth-order valence-electron chi connectivity index (χ4n) is 1.41. The average Bonchev–Trinajstić information content (AvgIpc) is 2.31. The van der Waals surface area contributed by atoms with Gasteiger partial charge in [-0.2, -0.15) is 0 Å². The molecule has 15 heavy (non-hydrogen) atoms. The second-order valence-electron chi connectivity index (χ2n) is 3.69. The maximum atomic E-state index is 5.51. The summed E-state index contributed by atoms with van der Waals surface area (Å²) in [5, 5.41) is 0. The fourth-order valence-corrected chi connectivity index (χ4v) is 1.41. The Morgan fingerprint density at radius 1 is 0.800 bits per heavy atom. The predicted octanol–water partition coefficient (Wildman–Crippen LogP) is 1.06. The molecule has 0 fully saturated rings. The molecule has 0 aromatic heterocycles. The van der Waals surface area contributed by atoms with E-state index < -0.39 is 0 Å². The fraction of sp³-hybridized carbons (Fsp3) is 1.00. The van der Waals surface area contributed by atoms with E-state index >= 15 is 0 Å². The van der Waals surface area contributed by atoms with Crippen LogP contribution in [0, 0.1) is 0 Å². The Balaban J connectivity index is 0. The Kier molecular flexibility index (Phi) is 18.7. The molecule has 0 spiro atoms. The van der Waals surface area contributed by atoms with Crippen molar-refractivity contribution >= 4 is 0 Å². The van der Waals surface area contributed by atoms with Crippen molar-refractivity contribution < 1.29 is 0 Å².